The maximum absolute atomic E-state index is 11.6. The van der Waals surface area contributed by atoms with Crippen LogP contribution in [0.1, 0.15) is 18.1 Å². The number of nitrogens with zero attached hydrogens (tertiary/aromatic N) is 1. The van der Waals surface area contributed by atoms with Crippen molar-refractivity contribution < 1.29 is 9.90 Å². The molecule has 90 valence electrons. The molecule has 0 heterocycles. The lowest BCUT2D eigenvalue weighted by Crippen LogP contribution is -2.36. The first kappa shape index (κ1) is 13.2. The quantitative estimate of drug-likeness (QED) is 0.788. The van der Waals surface area contributed by atoms with Gasteiger partial charge in [-0.15, -0.1) is 0 Å². The molecule has 1 atom stereocenters. The van der Waals surface area contributed by atoms with Gasteiger partial charge in [-0.2, -0.15) is 5.26 Å². The van der Waals surface area contributed by atoms with Gasteiger partial charge in [-0.25, -0.2) is 0 Å². The average Bonchev–Trinajstić information content (AvgIpc) is 2.31. The molecule has 1 rings (SSSR count). The molecule has 0 radical (unpaired) electrons. The molecule has 0 aliphatic carbocycles. The average molecular weight is 232 g/mol. The van der Waals surface area contributed by atoms with E-state index in [0.29, 0.717) is 6.42 Å². The molecule has 0 saturated heterocycles. The van der Waals surface area contributed by atoms with Gasteiger partial charge in [-0.3, -0.25) is 4.79 Å². The second kappa shape index (κ2) is 6.66. The van der Waals surface area contributed by atoms with Gasteiger partial charge in [-0.1, -0.05) is 24.3 Å². The number of carbonyl (C=O) groups is 1. The van der Waals surface area contributed by atoms with Crippen LogP contribution in [0.4, 0.5) is 0 Å². The Morgan fingerprint density at radius 1 is 1.47 bits per heavy atom. The lowest BCUT2D eigenvalue weighted by molar-refractivity contribution is -0.121. The summed E-state index contributed by atoms with van der Waals surface area (Å²) in [5.74, 6) is -0.142. The minimum atomic E-state index is -0.245. The van der Waals surface area contributed by atoms with Crippen LogP contribution in [0.25, 0.3) is 0 Å². The van der Waals surface area contributed by atoms with Crippen molar-refractivity contribution in [2.24, 2.45) is 0 Å². The Balaban J connectivity index is 2.68. The number of hydrogen-bond acceptors (Lipinski definition) is 3. The summed E-state index contributed by atoms with van der Waals surface area (Å²) in [7, 11) is 0. The van der Waals surface area contributed by atoms with E-state index in [0.717, 1.165) is 11.1 Å². The Hall–Kier alpha value is -1.86. The van der Waals surface area contributed by atoms with E-state index in [1.807, 2.05) is 24.3 Å². The molecule has 0 bridgehead atoms. The van der Waals surface area contributed by atoms with Crippen molar-refractivity contribution in [3.63, 3.8) is 0 Å². The van der Waals surface area contributed by atoms with E-state index < -0.39 is 0 Å². The molecule has 0 fully saturated rings. The molecule has 2 N–H and O–H groups in total. The van der Waals surface area contributed by atoms with Gasteiger partial charge in [0.05, 0.1) is 25.5 Å². The standard InChI is InChI=1S/C13H16N2O2/c1-10(9-16)15-13(17)8-12-5-3-2-4-11(12)6-7-14/h2-5,10,16H,6,8-9H2,1H3,(H,15,17). The van der Waals surface area contributed by atoms with Crippen molar-refractivity contribution in [3.8, 4) is 6.07 Å². The fourth-order valence-electron chi connectivity index (χ4n) is 1.53. The van der Waals surface area contributed by atoms with Crippen LogP contribution in [-0.2, 0) is 17.6 Å². The fourth-order valence-corrected chi connectivity index (χ4v) is 1.53. The fraction of sp³-hybridized carbons (Fsp3) is 0.385. The highest BCUT2D eigenvalue weighted by Crippen LogP contribution is 2.10. The summed E-state index contributed by atoms with van der Waals surface area (Å²) in [4.78, 5) is 11.6. The molecule has 4 heteroatoms. The normalized spacial score (nSPS) is 11.6. The third kappa shape index (κ3) is 4.25. The zero-order valence-electron chi connectivity index (χ0n) is 9.81. The van der Waals surface area contributed by atoms with E-state index >= 15 is 0 Å². The number of carbonyl (C=O) groups excluding carboxylic acids is 1. The number of nitrogens with one attached hydrogen (secondary N) is 1. The van der Waals surface area contributed by atoms with Crippen LogP contribution in [0.5, 0.6) is 0 Å². The third-order valence-corrected chi connectivity index (χ3v) is 2.42. The first-order valence-corrected chi connectivity index (χ1v) is 5.51. The highest BCUT2D eigenvalue weighted by Gasteiger charge is 2.09. The maximum atomic E-state index is 11.6. The van der Waals surface area contributed by atoms with Gasteiger partial charge >= 0.3 is 0 Å². The number of rotatable bonds is 5. The van der Waals surface area contributed by atoms with Gasteiger partial charge in [0.25, 0.3) is 0 Å². The number of aliphatic hydroxyl groups is 1. The maximum Gasteiger partial charge on any atom is 0.224 e. The topological polar surface area (TPSA) is 73.1 Å². The Morgan fingerprint density at radius 2 is 2.12 bits per heavy atom. The molecule has 1 amide bonds. The third-order valence-electron chi connectivity index (χ3n) is 2.42. The van der Waals surface area contributed by atoms with Crippen molar-refractivity contribution in [1.29, 1.82) is 5.26 Å². The number of aliphatic hydroxyl groups excluding tert-OH is 1. The van der Waals surface area contributed by atoms with Gasteiger partial charge in [0.2, 0.25) is 5.91 Å². The molecular formula is C13H16N2O2. The van der Waals surface area contributed by atoms with Gasteiger partial charge < -0.3 is 10.4 Å². The van der Waals surface area contributed by atoms with Crippen molar-refractivity contribution in [2.45, 2.75) is 25.8 Å². The Bertz CT molecular complexity index is 424. The molecule has 0 spiro atoms. The van der Waals surface area contributed by atoms with Crippen molar-refractivity contribution in [2.75, 3.05) is 6.61 Å². The summed E-state index contributed by atoms with van der Waals surface area (Å²) >= 11 is 0. The van der Waals surface area contributed by atoms with Crippen molar-refractivity contribution in [3.05, 3.63) is 35.4 Å². The lowest BCUT2D eigenvalue weighted by Gasteiger charge is -2.11. The molecule has 4 nitrogen and oxygen atoms in total. The minimum Gasteiger partial charge on any atom is -0.394 e. The van der Waals surface area contributed by atoms with Gasteiger partial charge in [0.1, 0.15) is 0 Å². The van der Waals surface area contributed by atoms with Crippen LogP contribution in [0.15, 0.2) is 24.3 Å². The summed E-state index contributed by atoms with van der Waals surface area (Å²) in [5.41, 5.74) is 1.73. The monoisotopic (exact) mass is 232 g/mol. The summed E-state index contributed by atoms with van der Waals surface area (Å²) in [6.07, 6.45) is 0.543. The molecular weight excluding hydrogens is 216 g/mol. The zero-order chi connectivity index (χ0) is 12.7. The van der Waals surface area contributed by atoms with E-state index in [2.05, 4.69) is 11.4 Å². The van der Waals surface area contributed by atoms with Crippen LogP contribution in [-0.4, -0.2) is 23.7 Å². The van der Waals surface area contributed by atoms with Crippen molar-refractivity contribution in [1.82, 2.24) is 5.32 Å². The van der Waals surface area contributed by atoms with Crippen LogP contribution in [0.2, 0.25) is 0 Å². The first-order chi connectivity index (χ1) is 8.17. The lowest BCUT2D eigenvalue weighted by atomic mass is 10.0. The Morgan fingerprint density at radius 3 is 2.71 bits per heavy atom. The molecule has 0 aromatic heterocycles. The Kier molecular flexibility index (Phi) is 5.18. The SMILES string of the molecule is CC(CO)NC(=O)Cc1ccccc1CC#N. The molecule has 1 aromatic carbocycles. The largest absolute Gasteiger partial charge is 0.394 e. The van der Waals surface area contributed by atoms with E-state index in [1.165, 1.54) is 0 Å². The van der Waals surface area contributed by atoms with E-state index in [4.69, 9.17) is 10.4 Å². The van der Waals surface area contributed by atoms with Crippen molar-refractivity contribution >= 4 is 5.91 Å². The Labute approximate surface area is 101 Å². The molecule has 0 aliphatic rings. The second-order valence-corrected chi connectivity index (χ2v) is 3.93. The number of amides is 1. The van der Waals surface area contributed by atoms with Gasteiger partial charge in [-0.05, 0) is 18.1 Å². The summed E-state index contributed by atoms with van der Waals surface area (Å²) in [6, 6.07) is 9.22. The van der Waals surface area contributed by atoms with E-state index in [1.54, 1.807) is 6.92 Å². The summed E-state index contributed by atoms with van der Waals surface area (Å²) in [6.45, 7) is 1.66. The summed E-state index contributed by atoms with van der Waals surface area (Å²) < 4.78 is 0. The van der Waals surface area contributed by atoms with E-state index in [-0.39, 0.29) is 25.0 Å². The van der Waals surface area contributed by atoms with Gasteiger partial charge in [0, 0.05) is 6.04 Å². The predicted molar refractivity (Wildman–Crippen MR) is 64.2 cm³/mol. The molecule has 0 saturated carbocycles. The minimum absolute atomic E-state index is 0.0778. The zero-order valence-corrected chi connectivity index (χ0v) is 9.81. The number of hydrogen-bond donors (Lipinski definition) is 2. The molecule has 1 unspecified atom stereocenters. The smallest absolute Gasteiger partial charge is 0.224 e. The number of nitriles is 1. The molecule has 1 aromatic rings. The predicted octanol–water partition coefficient (Wildman–Crippen LogP) is 0.792. The highest BCUT2D eigenvalue weighted by atomic mass is 16.3. The van der Waals surface area contributed by atoms with E-state index in [9.17, 15) is 4.79 Å². The second-order valence-electron chi connectivity index (χ2n) is 3.93. The van der Waals surface area contributed by atoms with Crippen LogP contribution >= 0.6 is 0 Å². The van der Waals surface area contributed by atoms with Crippen LogP contribution in [0, 0.1) is 11.3 Å². The summed E-state index contributed by atoms with van der Waals surface area (Å²) in [5, 5.41) is 20.2. The molecule has 17 heavy (non-hydrogen) atoms. The first-order valence-electron chi connectivity index (χ1n) is 5.51. The number of benzene rings is 1. The molecule has 0 aliphatic heterocycles. The highest BCUT2D eigenvalue weighted by molar-refractivity contribution is 5.79. The van der Waals surface area contributed by atoms with Crippen LogP contribution in [0.3, 0.4) is 0 Å². The van der Waals surface area contributed by atoms with Gasteiger partial charge in [0.15, 0.2) is 0 Å². The van der Waals surface area contributed by atoms with Crippen LogP contribution < -0.4 is 5.32 Å².